The predicted octanol–water partition coefficient (Wildman–Crippen LogP) is 2.27. The molecular formula is C20H18N2O7. The number of anilines is 2. The van der Waals surface area contributed by atoms with Crippen molar-refractivity contribution in [2.75, 3.05) is 31.5 Å². The molecule has 0 aromatic heterocycles. The van der Waals surface area contributed by atoms with Crippen molar-refractivity contribution in [1.29, 1.82) is 0 Å². The van der Waals surface area contributed by atoms with Crippen LogP contribution in [0, 0.1) is 0 Å². The van der Waals surface area contributed by atoms with Crippen molar-refractivity contribution in [2.45, 2.75) is 12.5 Å². The quantitative estimate of drug-likeness (QED) is 0.743. The zero-order chi connectivity index (χ0) is 20.5. The molecule has 1 atom stereocenters. The van der Waals surface area contributed by atoms with Crippen molar-refractivity contribution >= 4 is 29.2 Å². The summed E-state index contributed by atoms with van der Waals surface area (Å²) >= 11 is 0. The smallest absolute Gasteiger partial charge is 0.343 e. The number of fused-ring (bicyclic) bond motifs is 2. The van der Waals surface area contributed by atoms with Gasteiger partial charge in [0.1, 0.15) is 17.4 Å². The second-order valence-corrected chi connectivity index (χ2v) is 6.46. The third-order valence-corrected chi connectivity index (χ3v) is 4.65. The normalized spacial score (nSPS) is 16.7. The summed E-state index contributed by atoms with van der Waals surface area (Å²) in [6, 6.07) is 8.27. The second-order valence-electron chi connectivity index (χ2n) is 6.46. The van der Waals surface area contributed by atoms with E-state index in [0.29, 0.717) is 28.4 Å². The number of cyclic esters (lactones) is 1. The molecule has 2 aromatic carbocycles. The first-order chi connectivity index (χ1) is 14.0. The molecule has 0 fully saturated rings. The minimum Gasteiger partial charge on any atom is -0.493 e. The summed E-state index contributed by atoms with van der Waals surface area (Å²) in [5.41, 5.74) is 1.88. The topological polar surface area (TPSA) is 112 Å². The van der Waals surface area contributed by atoms with E-state index in [9.17, 15) is 14.4 Å². The van der Waals surface area contributed by atoms with Crippen molar-refractivity contribution < 1.29 is 33.3 Å². The highest BCUT2D eigenvalue weighted by Gasteiger charge is 2.36. The summed E-state index contributed by atoms with van der Waals surface area (Å²) in [5.74, 6) is 0.0258. The molecule has 0 radical (unpaired) electrons. The molecule has 9 nitrogen and oxygen atoms in total. The highest BCUT2D eigenvalue weighted by Crippen LogP contribution is 2.43. The molecule has 2 heterocycles. The number of methoxy groups -OCH3 is 2. The lowest BCUT2D eigenvalue weighted by Gasteiger charge is -2.19. The molecule has 0 saturated carbocycles. The molecule has 9 heteroatoms. The van der Waals surface area contributed by atoms with Gasteiger partial charge in [-0.1, -0.05) is 6.07 Å². The van der Waals surface area contributed by atoms with Gasteiger partial charge in [-0.25, -0.2) is 4.79 Å². The number of amides is 2. The lowest BCUT2D eigenvalue weighted by Crippen LogP contribution is -2.25. The summed E-state index contributed by atoms with van der Waals surface area (Å²) in [5, 5.41) is 5.43. The zero-order valence-corrected chi connectivity index (χ0v) is 15.7. The number of esters is 1. The Morgan fingerprint density at radius 3 is 2.79 bits per heavy atom. The molecule has 0 saturated heterocycles. The molecule has 1 unspecified atom stereocenters. The van der Waals surface area contributed by atoms with E-state index in [4.69, 9.17) is 18.9 Å². The van der Waals surface area contributed by atoms with Gasteiger partial charge in [0.15, 0.2) is 18.1 Å². The van der Waals surface area contributed by atoms with Crippen LogP contribution in [0.3, 0.4) is 0 Å². The highest BCUT2D eigenvalue weighted by atomic mass is 16.6. The van der Waals surface area contributed by atoms with E-state index in [1.165, 1.54) is 14.2 Å². The first-order valence-corrected chi connectivity index (χ1v) is 8.82. The fourth-order valence-electron chi connectivity index (χ4n) is 3.36. The molecule has 0 spiro atoms. The molecule has 0 aliphatic carbocycles. The number of benzene rings is 2. The molecule has 2 aromatic rings. The maximum atomic E-state index is 12.5. The van der Waals surface area contributed by atoms with Crippen molar-refractivity contribution in [3.05, 3.63) is 41.5 Å². The molecule has 2 aliphatic rings. The van der Waals surface area contributed by atoms with Crippen LogP contribution in [-0.4, -0.2) is 38.6 Å². The Labute approximate surface area is 165 Å². The van der Waals surface area contributed by atoms with E-state index in [1.54, 1.807) is 30.3 Å². The molecule has 150 valence electrons. The number of hydrogen-bond donors (Lipinski definition) is 2. The SMILES string of the molecule is COc1ccc2c(c1OC)C(=O)OC2CC(=O)Nc1ccc2c(c1)OCC(=O)N2. The fourth-order valence-corrected chi connectivity index (χ4v) is 3.36. The van der Waals surface area contributed by atoms with E-state index in [1.807, 2.05) is 0 Å². The van der Waals surface area contributed by atoms with Gasteiger partial charge in [0.25, 0.3) is 5.91 Å². The lowest BCUT2D eigenvalue weighted by atomic mass is 10.0. The van der Waals surface area contributed by atoms with Crippen LogP contribution in [0.1, 0.15) is 28.4 Å². The summed E-state index contributed by atoms with van der Waals surface area (Å²) in [6.45, 7) is -0.0789. The van der Waals surface area contributed by atoms with Gasteiger partial charge in [0.2, 0.25) is 5.91 Å². The van der Waals surface area contributed by atoms with Gasteiger partial charge in [0.05, 0.1) is 26.3 Å². The van der Waals surface area contributed by atoms with Gasteiger partial charge >= 0.3 is 5.97 Å². The Morgan fingerprint density at radius 2 is 2.03 bits per heavy atom. The van der Waals surface area contributed by atoms with Crippen molar-refractivity contribution in [3.63, 3.8) is 0 Å². The molecule has 0 bridgehead atoms. The molecule has 2 aliphatic heterocycles. The summed E-state index contributed by atoms with van der Waals surface area (Å²) in [6.07, 6.45) is -0.798. The van der Waals surface area contributed by atoms with Crippen molar-refractivity contribution in [3.8, 4) is 17.2 Å². The van der Waals surface area contributed by atoms with Crippen LogP contribution in [0.5, 0.6) is 17.2 Å². The van der Waals surface area contributed by atoms with Gasteiger partial charge in [-0.15, -0.1) is 0 Å². The molecule has 2 amide bonds. The minimum absolute atomic E-state index is 0.0666. The van der Waals surface area contributed by atoms with Crippen LogP contribution in [0.4, 0.5) is 11.4 Å². The molecular weight excluding hydrogens is 380 g/mol. The first kappa shape index (κ1) is 18.6. The van der Waals surface area contributed by atoms with Crippen LogP contribution in [0.25, 0.3) is 0 Å². The van der Waals surface area contributed by atoms with Crippen LogP contribution >= 0.6 is 0 Å². The van der Waals surface area contributed by atoms with Crippen LogP contribution in [0.2, 0.25) is 0 Å². The third-order valence-electron chi connectivity index (χ3n) is 4.65. The first-order valence-electron chi connectivity index (χ1n) is 8.82. The molecule has 29 heavy (non-hydrogen) atoms. The Bertz CT molecular complexity index is 1020. The van der Waals surface area contributed by atoms with Gasteiger partial charge in [-0.05, 0) is 18.2 Å². The maximum Gasteiger partial charge on any atom is 0.343 e. The number of carbonyl (C=O) groups is 3. The third kappa shape index (κ3) is 3.42. The monoisotopic (exact) mass is 398 g/mol. The van der Waals surface area contributed by atoms with E-state index in [0.717, 1.165) is 0 Å². The van der Waals surface area contributed by atoms with Gasteiger partial charge in [-0.2, -0.15) is 0 Å². The highest BCUT2D eigenvalue weighted by molar-refractivity contribution is 6.00. The maximum absolute atomic E-state index is 12.5. The van der Waals surface area contributed by atoms with Crippen molar-refractivity contribution in [2.24, 2.45) is 0 Å². The Kier molecular flexibility index (Phi) is 4.71. The van der Waals surface area contributed by atoms with Gasteiger partial charge in [-0.3, -0.25) is 9.59 Å². The van der Waals surface area contributed by atoms with E-state index >= 15 is 0 Å². The lowest BCUT2D eigenvalue weighted by molar-refractivity contribution is -0.119. The van der Waals surface area contributed by atoms with Crippen LogP contribution in [-0.2, 0) is 14.3 Å². The minimum atomic E-state index is -0.731. The number of rotatable bonds is 5. The van der Waals surface area contributed by atoms with E-state index in [-0.39, 0.29) is 36.2 Å². The Morgan fingerprint density at radius 1 is 1.21 bits per heavy atom. The summed E-state index contributed by atoms with van der Waals surface area (Å²) in [7, 11) is 2.91. The number of nitrogens with one attached hydrogen (secondary N) is 2. The van der Waals surface area contributed by atoms with Crippen LogP contribution in [0.15, 0.2) is 30.3 Å². The standard InChI is InChI=1S/C20H18N2O7/c1-26-13-6-4-11-14(29-20(25)18(11)19(13)27-2)8-16(23)21-10-3-5-12-15(7-10)28-9-17(24)22-12/h3-7,14H,8-9H2,1-2H3,(H,21,23)(H,22,24). The zero-order valence-electron chi connectivity index (χ0n) is 15.7. The Hall–Kier alpha value is -3.75. The summed E-state index contributed by atoms with van der Waals surface area (Å²) in [4.78, 5) is 36.2. The predicted molar refractivity (Wildman–Crippen MR) is 102 cm³/mol. The number of carbonyl (C=O) groups excluding carboxylic acids is 3. The van der Waals surface area contributed by atoms with Crippen LogP contribution < -0.4 is 24.8 Å². The van der Waals surface area contributed by atoms with Gasteiger partial charge in [0, 0.05) is 17.3 Å². The Balaban J connectivity index is 1.49. The van der Waals surface area contributed by atoms with E-state index < -0.39 is 12.1 Å². The largest absolute Gasteiger partial charge is 0.493 e. The van der Waals surface area contributed by atoms with Gasteiger partial charge < -0.3 is 29.6 Å². The number of ether oxygens (including phenoxy) is 4. The average Bonchev–Trinajstić information content (AvgIpc) is 3.02. The molecule has 2 N–H and O–H groups in total. The number of hydrogen-bond acceptors (Lipinski definition) is 7. The van der Waals surface area contributed by atoms with E-state index in [2.05, 4.69) is 10.6 Å². The second kappa shape index (κ2) is 7.34. The summed E-state index contributed by atoms with van der Waals surface area (Å²) < 4.78 is 21.2. The molecule has 4 rings (SSSR count). The van der Waals surface area contributed by atoms with Crippen molar-refractivity contribution in [1.82, 2.24) is 0 Å². The average molecular weight is 398 g/mol. The fraction of sp³-hybridized carbons (Fsp3) is 0.250.